The van der Waals surface area contributed by atoms with E-state index in [1.165, 1.54) is 13.2 Å². The fourth-order valence-electron chi connectivity index (χ4n) is 0.934. The van der Waals surface area contributed by atoms with Gasteiger partial charge in [0.25, 0.3) is 0 Å². The van der Waals surface area contributed by atoms with Crippen molar-refractivity contribution >= 4 is 5.97 Å². The second-order valence-electron chi connectivity index (χ2n) is 2.46. The quantitative estimate of drug-likeness (QED) is 0.702. The molecule has 0 aliphatic carbocycles. The van der Waals surface area contributed by atoms with Crippen molar-refractivity contribution in [1.29, 1.82) is 0 Å². The van der Waals surface area contributed by atoms with Crippen molar-refractivity contribution < 1.29 is 14.6 Å². The Balaban J connectivity index is 0.000000791. The Bertz CT molecular complexity index is 305. The minimum absolute atomic E-state index is 0.00986. The summed E-state index contributed by atoms with van der Waals surface area (Å²) in [6.45, 7) is 5.72. The molecule has 1 aromatic rings. The molecular weight excluding hydrogens is 180 g/mol. The molecule has 0 unspecified atom stereocenters. The number of rotatable bonds is 1. The number of aryl methyl sites for hydroxylation is 1. The van der Waals surface area contributed by atoms with Crippen LogP contribution >= 0.6 is 0 Å². The fraction of sp³-hybridized carbons (Fsp3) is 0.364. The van der Waals surface area contributed by atoms with E-state index in [1.807, 2.05) is 13.8 Å². The Kier molecular flexibility index (Phi) is 5.37. The van der Waals surface area contributed by atoms with Crippen LogP contribution in [0.4, 0.5) is 0 Å². The zero-order chi connectivity index (χ0) is 11.1. The van der Waals surface area contributed by atoms with Gasteiger partial charge in [-0.3, -0.25) is 0 Å². The molecule has 3 heteroatoms. The minimum atomic E-state index is -0.517. The second kappa shape index (κ2) is 6.02. The molecule has 0 saturated carbocycles. The van der Waals surface area contributed by atoms with E-state index in [9.17, 15) is 9.90 Å². The zero-order valence-corrected chi connectivity index (χ0v) is 9.00. The number of methoxy groups -OCH3 is 1. The molecule has 0 amide bonds. The average Bonchev–Trinajstić information content (AvgIpc) is 2.24. The Hall–Kier alpha value is -1.51. The van der Waals surface area contributed by atoms with Crippen LogP contribution in [-0.4, -0.2) is 18.2 Å². The van der Waals surface area contributed by atoms with Crippen LogP contribution in [0.5, 0.6) is 5.75 Å². The molecule has 0 aromatic heterocycles. The number of phenols is 1. The van der Waals surface area contributed by atoms with Crippen LogP contribution < -0.4 is 0 Å². The summed E-state index contributed by atoms with van der Waals surface area (Å²) in [6.07, 6.45) is 0. The van der Waals surface area contributed by atoms with Crippen LogP contribution in [-0.2, 0) is 4.74 Å². The SMILES string of the molecule is CC.COC(=O)c1cccc(C)c1O. The lowest BCUT2D eigenvalue weighted by Gasteiger charge is -2.03. The maximum atomic E-state index is 11.0. The molecule has 0 spiro atoms. The number of ether oxygens (including phenoxy) is 1. The van der Waals surface area contributed by atoms with Crippen LogP contribution in [0, 0.1) is 6.92 Å². The van der Waals surface area contributed by atoms with Crippen molar-refractivity contribution in [3.8, 4) is 5.75 Å². The van der Waals surface area contributed by atoms with E-state index in [0.29, 0.717) is 5.56 Å². The van der Waals surface area contributed by atoms with Gasteiger partial charge in [-0.25, -0.2) is 4.79 Å². The highest BCUT2D eigenvalue weighted by Gasteiger charge is 2.11. The largest absolute Gasteiger partial charge is 0.507 e. The molecule has 78 valence electrons. The van der Waals surface area contributed by atoms with E-state index in [-0.39, 0.29) is 11.3 Å². The normalized spacial score (nSPS) is 8.57. The molecule has 0 atom stereocenters. The predicted molar refractivity (Wildman–Crippen MR) is 55.5 cm³/mol. The van der Waals surface area contributed by atoms with Gasteiger partial charge >= 0.3 is 5.97 Å². The molecule has 0 fully saturated rings. The second-order valence-corrected chi connectivity index (χ2v) is 2.46. The van der Waals surface area contributed by atoms with Crippen LogP contribution in [0.25, 0.3) is 0 Å². The van der Waals surface area contributed by atoms with Crippen molar-refractivity contribution in [3.05, 3.63) is 29.3 Å². The molecule has 0 bridgehead atoms. The van der Waals surface area contributed by atoms with Crippen LogP contribution in [0.15, 0.2) is 18.2 Å². The van der Waals surface area contributed by atoms with Crippen molar-refractivity contribution in [2.45, 2.75) is 20.8 Å². The van der Waals surface area contributed by atoms with Gasteiger partial charge in [0.05, 0.1) is 7.11 Å². The van der Waals surface area contributed by atoms with E-state index in [1.54, 1.807) is 19.1 Å². The molecular formula is C11H16O3. The molecule has 0 aliphatic heterocycles. The van der Waals surface area contributed by atoms with Crippen molar-refractivity contribution in [2.24, 2.45) is 0 Å². The van der Waals surface area contributed by atoms with Gasteiger partial charge < -0.3 is 9.84 Å². The third kappa shape index (κ3) is 2.76. The van der Waals surface area contributed by atoms with Gasteiger partial charge in [-0.2, -0.15) is 0 Å². The lowest BCUT2D eigenvalue weighted by Crippen LogP contribution is -2.01. The van der Waals surface area contributed by atoms with Crippen molar-refractivity contribution in [2.75, 3.05) is 7.11 Å². The van der Waals surface area contributed by atoms with Gasteiger partial charge in [-0.15, -0.1) is 0 Å². The van der Waals surface area contributed by atoms with Gasteiger partial charge in [0.15, 0.2) is 0 Å². The Labute approximate surface area is 84.3 Å². The maximum Gasteiger partial charge on any atom is 0.341 e. The molecule has 0 aliphatic rings. The first-order valence-electron chi connectivity index (χ1n) is 4.53. The van der Waals surface area contributed by atoms with Crippen LogP contribution in [0.2, 0.25) is 0 Å². The number of aromatic hydroxyl groups is 1. The average molecular weight is 196 g/mol. The first-order valence-corrected chi connectivity index (χ1v) is 4.53. The Morgan fingerprint density at radius 2 is 1.93 bits per heavy atom. The molecule has 0 radical (unpaired) electrons. The van der Waals surface area contributed by atoms with Crippen molar-refractivity contribution in [3.63, 3.8) is 0 Å². The molecule has 1 N–H and O–H groups in total. The van der Waals surface area contributed by atoms with E-state index in [0.717, 1.165) is 0 Å². The summed E-state index contributed by atoms with van der Waals surface area (Å²) >= 11 is 0. The molecule has 1 rings (SSSR count). The molecule has 1 aromatic carbocycles. The standard InChI is InChI=1S/C9H10O3.C2H6/c1-6-4-3-5-7(8(6)10)9(11)12-2;1-2/h3-5,10H,1-2H3;1-2H3. The molecule has 0 saturated heterocycles. The first-order chi connectivity index (χ1) is 6.66. The lowest BCUT2D eigenvalue weighted by molar-refractivity contribution is 0.0597. The number of carbonyl (C=O) groups is 1. The summed E-state index contributed by atoms with van der Waals surface area (Å²) in [5, 5.41) is 9.40. The molecule has 3 nitrogen and oxygen atoms in total. The highest BCUT2D eigenvalue weighted by molar-refractivity contribution is 5.92. The predicted octanol–water partition coefficient (Wildman–Crippen LogP) is 2.51. The van der Waals surface area contributed by atoms with E-state index < -0.39 is 5.97 Å². The monoisotopic (exact) mass is 196 g/mol. The minimum Gasteiger partial charge on any atom is -0.507 e. The maximum absolute atomic E-state index is 11.0. The van der Waals surface area contributed by atoms with Gasteiger partial charge in [0, 0.05) is 0 Å². The number of benzene rings is 1. The number of hydrogen-bond donors (Lipinski definition) is 1. The number of esters is 1. The Morgan fingerprint density at radius 3 is 2.43 bits per heavy atom. The molecule has 14 heavy (non-hydrogen) atoms. The third-order valence-corrected chi connectivity index (χ3v) is 1.64. The van der Waals surface area contributed by atoms with E-state index >= 15 is 0 Å². The lowest BCUT2D eigenvalue weighted by atomic mass is 10.1. The van der Waals surface area contributed by atoms with Crippen molar-refractivity contribution in [1.82, 2.24) is 0 Å². The molecule has 0 heterocycles. The number of para-hydroxylation sites is 1. The van der Waals surface area contributed by atoms with Crippen LogP contribution in [0.3, 0.4) is 0 Å². The van der Waals surface area contributed by atoms with Gasteiger partial charge in [0.2, 0.25) is 0 Å². The van der Waals surface area contributed by atoms with Gasteiger partial charge in [-0.05, 0) is 18.6 Å². The number of hydrogen-bond acceptors (Lipinski definition) is 3. The highest BCUT2D eigenvalue weighted by atomic mass is 16.5. The van der Waals surface area contributed by atoms with Gasteiger partial charge in [0.1, 0.15) is 11.3 Å². The summed E-state index contributed by atoms with van der Waals surface area (Å²) in [5.41, 5.74) is 0.871. The Morgan fingerprint density at radius 1 is 1.36 bits per heavy atom. The third-order valence-electron chi connectivity index (χ3n) is 1.64. The van der Waals surface area contributed by atoms with Crippen LogP contribution in [0.1, 0.15) is 29.8 Å². The summed E-state index contributed by atoms with van der Waals surface area (Å²) in [4.78, 5) is 11.0. The number of phenolic OH excluding ortho intramolecular Hbond substituents is 1. The van der Waals surface area contributed by atoms with E-state index in [2.05, 4.69) is 4.74 Å². The summed E-state index contributed by atoms with van der Waals surface area (Å²) in [6, 6.07) is 4.94. The summed E-state index contributed by atoms with van der Waals surface area (Å²) in [5.74, 6) is -0.527. The highest BCUT2D eigenvalue weighted by Crippen LogP contribution is 2.21. The first kappa shape index (κ1) is 12.5. The van der Waals surface area contributed by atoms with Gasteiger partial charge in [-0.1, -0.05) is 26.0 Å². The zero-order valence-electron chi connectivity index (χ0n) is 9.00. The fourth-order valence-corrected chi connectivity index (χ4v) is 0.934. The topological polar surface area (TPSA) is 46.5 Å². The summed E-state index contributed by atoms with van der Waals surface area (Å²) in [7, 11) is 1.28. The number of carbonyl (C=O) groups excluding carboxylic acids is 1. The smallest absolute Gasteiger partial charge is 0.341 e. The summed E-state index contributed by atoms with van der Waals surface area (Å²) < 4.78 is 4.47. The van der Waals surface area contributed by atoms with E-state index in [4.69, 9.17) is 0 Å².